The van der Waals surface area contributed by atoms with Gasteiger partial charge in [0.05, 0.1) is 29.4 Å². The normalized spacial score (nSPS) is 14.6. The Bertz CT molecular complexity index is 835. The molecule has 2 aromatic rings. The third-order valence-electron chi connectivity index (χ3n) is 4.59. The molecule has 28 heavy (non-hydrogen) atoms. The van der Waals surface area contributed by atoms with Crippen LogP contribution in [0.1, 0.15) is 17.3 Å². The summed E-state index contributed by atoms with van der Waals surface area (Å²) >= 11 is 6.08. The molecular formula is C21H24ClN3O3. The molecule has 0 radical (unpaired) electrons. The summed E-state index contributed by atoms with van der Waals surface area (Å²) in [6.07, 6.45) is 0. The zero-order valence-corrected chi connectivity index (χ0v) is 16.6. The predicted octanol–water partition coefficient (Wildman–Crippen LogP) is 3.14. The van der Waals surface area contributed by atoms with E-state index in [9.17, 15) is 9.59 Å². The van der Waals surface area contributed by atoms with E-state index in [0.717, 1.165) is 0 Å². The van der Waals surface area contributed by atoms with Gasteiger partial charge in [-0.05, 0) is 31.2 Å². The summed E-state index contributed by atoms with van der Waals surface area (Å²) in [7, 11) is 0. The van der Waals surface area contributed by atoms with Crippen LogP contribution in [-0.2, 0) is 4.79 Å². The number of benzene rings is 2. The second-order valence-corrected chi connectivity index (χ2v) is 6.93. The van der Waals surface area contributed by atoms with Crippen molar-refractivity contribution in [1.29, 1.82) is 0 Å². The molecule has 0 spiro atoms. The average molecular weight is 402 g/mol. The van der Waals surface area contributed by atoms with Gasteiger partial charge >= 0.3 is 0 Å². The van der Waals surface area contributed by atoms with E-state index < -0.39 is 0 Å². The minimum atomic E-state index is -0.116. The number of rotatable bonds is 6. The maximum atomic E-state index is 12.8. The van der Waals surface area contributed by atoms with E-state index in [4.69, 9.17) is 16.3 Å². The largest absolute Gasteiger partial charge is 0.493 e. The van der Waals surface area contributed by atoms with Crippen LogP contribution < -0.4 is 10.1 Å². The Morgan fingerprint density at radius 3 is 2.43 bits per heavy atom. The van der Waals surface area contributed by atoms with E-state index in [1.54, 1.807) is 23.1 Å². The van der Waals surface area contributed by atoms with Crippen molar-refractivity contribution >= 4 is 29.1 Å². The lowest BCUT2D eigenvalue weighted by molar-refractivity contribution is -0.117. The van der Waals surface area contributed by atoms with E-state index in [1.807, 2.05) is 42.2 Å². The van der Waals surface area contributed by atoms with Gasteiger partial charge in [-0.3, -0.25) is 14.5 Å². The van der Waals surface area contributed by atoms with E-state index >= 15 is 0 Å². The van der Waals surface area contributed by atoms with Crippen molar-refractivity contribution in [3.63, 3.8) is 0 Å². The summed E-state index contributed by atoms with van der Waals surface area (Å²) in [5.41, 5.74) is 1.18. The number of halogens is 1. The lowest BCUT2D eigenvalue weighted by Crippen LogP contribution is -2.50. The number of nitrogens with one attached hydrogen (secondary N) is 1. The standard InChI is InChI=1S/C21H24ClN3O3/c1-2-28-19-10-6-3-7-16(19)21(27)25-13-11-24(12-14-25)15-20(26)23-18-9-5-4-8-17(18)22/h3-10H,2,11-15H2,1H3,(H,23,26). The molecule has 1 heterocycles. The van der Waals surface area contributed by atoms with Crippen molar-refractivity contribution in [3.05, 3.63) is 59.1 Å². The smallest absolute Gasteiger partial charge is 0.257 e. The number of anilines is 1. The van der Waals surface area contributed by atoms with Gasteiger partial charge in [0.2, 0.25) is 5.91 Å². The molecule has 0 aromatic heterocycles. The van der Waals surface area contributed by atoms with Crippen LogP contribution in [0.5, 0.6) is 5.75 Å². The molecule has 7 heteroatoms. The van der Waals surface area contributed by atoms with Crippen LogP contribution in [0, 0.1) is 0 Å². The molecule has 0 bridgehead atoms. The summed E-state index contributed by atoms with van der Waals surface area (Å²) in [4.78, 5) is 29.0. The number of amides is 2. The van der Waals surface area contributed by atoms with Crippen molar-refractivity contribution in [2.24, 2.45) is 0 Å². The number of piperazine rings is 1. The fraction of sp³-hybridized carbons (Fsp3) is 0.333. The fourth-order valence-corrected chi connectivity index (χ4v) is 3.34. The van der Waals surface area contributed by atoms with Crippen molar-refractivity contribution in [2.75, 3.05) is 44.6 Å². The van der Waals surface area contributed by atoms with Gasteiger partial charge in [-0.1, -0.05) is 35.9 Å². The van der Waals surface area contributed by atoms with Crippen LogP contribution in [0.4, 0.5) is 5.69 Å². The second kappa shape index (κ2) is 9.57. The Labute approximate surface area is 170 Å². The Morgan fingerprint density at radius 2 is 1.71 bits per heavy atom. The van der Waals surface area contributed by atoms with Crippen LogP contribution >= 0.6 is 11.6 Å². The highest BCUT2D eigenvalue weighted by atomic mass is 35.5. The molecule has 0 unspecified atom stereocenters. The summed E-state index contributed by atoms with van der Waals surface area (Å²) in [5.74, 6) is 0.454. The predicted molar refractivity (Wildman–Crippen MR) is 110 cm³/mol. The van der Waals surface area contributed by atoms with Crippen molar-refractivity contribution in [3.8, 4) is 5.75 Å². The van der Waals surface area contributed by atoms with Crippen LogP contribution in [0.2, 0.25) is 5.02 Å². The van der Waals surface area contributed by atoms with Crippen molar-refractivity contribution in [2.45, 2.75) is 6.92 Å². The number of carbonyl (C=O) groups is 2. The monoisotopic (exact) mass is 401 g/mol. The number of hydrogen-bond donors (Lipinski definition) is 1. The maximum absolute atomic E-state index is 12.8. The van der Waals surface area contributed by atoms with Gasteiger partial charge in [-0.2, -0.15) is 0 Å². The molecule has 1 N–H and O–H groups in total. The number of nitrogens with zero attached hydrogens (tertiary/aromatic N) is 2. The van der Waals surface area contributed by atoms with E-state index in [2.05, 4.69) is 5.32 Å². The third-order valence-corrected chi connectivity index (χ3v) is 4.92. The van der Waals surface area contributed by atoms with Gasteiger partial charge in [0.1, 0.15) is 5.75 Å². The molecule has 1 aliphatic heterocycles. The number of hydrogen-bond acceptors (Lipinski definition) is 4. The summed E-state index contributed by atoms with van der Waals surface area (Å²) in [5, 5.41) is 3.34. The molecule has 0 atom stereocenters. The van der Waals surface area contributed by atoms with Gasteiger partial charge < -0.3 is 15.0 Å². The molecule has 2 aromatic carbocycles. The van der Waals surface area contributed by atoms with Gasteiger partial charge in [-0.25, -0.2) is 0 Å². The van der Waals surface area contributed by atoms with Gasteiger partial charge in [0.15, 0.2) is 0 Å². The van der Waals surface area contributed by atoms with Crippen LogP contribution in [0.25, 0.3) is 0 Å². The minimum Gasteiger partial charge on any atom is -0.493 e. The van der Waals surface area contributed by atoms with Crippen molar-refractivity contribution in [1.82, 2.24) is 9.80 Å². The molecular weight excluding hydrogens is 378 g/mol. The maximum Gasteiger partial charge on any atom is 0.257 e. The van der Waals surface area contributed by atoms with Crippen LogP contribution in [0.3, 0.4) is 0 Å². The molecule has 148 valence electrons. The highest BCUT2D eigenvalue weighted by molar-refractivity contribution is 6.33. The van der Waals surface area contributed by atoms with E-state index in [0.29, 0.717) is 54.8 Å². The molecule has 0 aliphatic carbocycles. The van der Waals surface area contributed by atoms with Crippen LogP contribution in [0.15, 0.2) is 48.5 Å². The molecule has 2 amide bonds. The third kappa shape index (κ3) is 5.03. The summed E-state index contributed by atoms with van der Waals surface area (Å²) in [6, 6.07) is 14.4. The molecule has 0 saturated carbocycles. The van der Waals surface area contributed by atoms with Crippen molar-refractivity contribution < 1.29 is 14.3 Å². The van der Waals surface area contributed by atoms with E-state index in [-0.39, 0.29) is 18.4 Å². The van der Waals surface area contributed by atoms with Gasteiger partial charge in [0, 0.05) is 26.2 Å². The molecule has 1 saturated heterocycles. The molecule has 1 fully saturated rings. The van der Waals surface area contributed by atoms with Gasteiger partial charge in [-0.15, -0.1) is 0 Å². The quantitative estimate of drug-likeness (QED) is 0.807. The molecule has 3 rings (SSSR count). The SMILES string of the molecule is CCOc1ccccc1C(=O)N1CCN(CC(=O)Nc2ccccc2Cl)CC1. The highest BCUT2D eigenvalue weighted by Crippen LogP contribution is 2.22. The molecule has 6 nitrogen and oxygen atoms in total. The van der Waals surface area contributed by atoms with Crippen LogP contribution in [-0.4, -0.2) is 60.9 Å². The number of para-hydroxylation sites is 2. The van der Waals surface area contributed by atoms with E-state index in [1.165, 1.54) is 0 Å². The lowest BCUT2D eigenvalue weighted by atomic mass is 10.1. The Hall–Kier alpha value is -2.57. The van der Waals surface area contributed by atoms with Gasteiger partial charge in [0.25, 0.3) is 5.91 Å². The highest BCUT2D eigenvalue weighted by Gasteiger charge is 2.25. The average Bonchev–Trinajstić information content (AvgIpc) is 2.70. The first-order chi connectivity index (χ1) is 13.6. The second-order valence-electron chi connectivity index (χ2n) is 6.53. The summed E-state index contributed by atoms with van der Waals surface area (Å²) in [6.45, 7) is 5.09. The number of carbonyl (C=O) groups excluding carboxylic acids is 2. The zero-order chi connectivity index (χ0) is 19.9. The Kier molecular flexibility index (Phi) is 6.90. The zero-order valence-electron chi connectivity index (χ0n) is 15.9. The first-order valence-corrected chi connectivity index (χ1v) is 9.74. The lowest BCUT2D eigenvalue weighted by Gasteiger charge is -2.34. The first-order valence-electron chi connectivity index (χ1n) is 9.36. The first kappa shape index (κ1) is 20.2. The fourth-order valence-electron chi connectivity index (χ4n) is 3.16. The minimum absolute atomic E-state index is 0.0378. The summed E-state index contributed by atoms with van der Waals surface area (Å²) < 4.78 is 5.57. The topological polar surface area (TPSA) is 61.9 Å². The Balaban J connectivity index is 1.52. The number of ether oxygens (including phenoxy) is 1. The Morgan fingerprint density at radius 1 is 1.04 bits per heavy atom. The molecule has 1 aliphatic rings.